The van der Waals surface area contributed by atoms with Gasteiger partial charge in [-0.2, -0.15) is 0 Å². The molecule has 1 aliphatic rings. The summed E-state index contributed by atoms with van der Waals surface area (Å²) < 4.78 is 2.82. The summed E-state index contributed by atoms with van der Waals surface area (Å²) >= 11 is 3.65. The fourth-order valence-corrected chi connectivity index (χ4v) is 5.13. The summed E-state index contributed by atoms with van der Waals surface area (Å²) in [5, 5.41) is 4.28. The minimum absolute atomic E-state index is 0.0399. The first kappa shape index (κ1) is 20.2. The Morgan fingerprint density at radius 1 is 1.10 bits per heavy atom. The number of hydrogen-bond acceptors (Lipinski definition) is 2. The Morgan fingerprint density at radius 3 is 2.45 bits per heavy atom. The first-order valence-corrected chi connectivity index (χ1v) is 11.2. The molecule has 2 heterocycles. The Kier molecular flexibility index (Phi) is 6.07. The van der Waals surface area contributed by atoms with E-state index in [-0.39, 0.29) is 11.9 Å². The highest BCUT2D eigenvalue weighted by molar-refractivity contribution is 9.10. The van der Waals surface area contributed by atoms with Crippen LogP contribution in [0.5, 0.6) is 0 Å². The van der Waals surface area contributed by atoms with Crippen LogP contribution in [0.25, 0.3) is 10.9 Å². The third kappa shape index (κ3) is 4.12. The molecular formula is C24H28BrN3O. The van der Waals surface area contributed by atoms with Gasteiger partial charge in [0, 0.05) is 24.5 Å². The number of amides is 1. The van der Waals surface area contributed by atoms with Gasteiger partial charge in [-0.1, -0.05) is 55.5 Å². The molecule has 5 heteroatoms. The summed E-state index contributed by atoms with van der Waals surface area (Å²) in [6, 6.07) is 18.8. The van der Waals surface area contributed by atoms with Gasteiger partial charge in [-0.15, -0.1) is 0 Å². The maximum Gasteiger partial charge on any atom is 0.269 e. The van der Waals surface area contributed by atoms with Gasteiger partial charge in [0.25, 0.3) is 5.91 Å². The molecule has 4 rings (SSSR count). The molecule has 1 aromatic heterocycles. The van der Waals surface area contributed by atoms with Crippen LogP contribution >= 0.6 is 15.9 Å². The lowest BCUT2D eigenvalue weighted by Crippen LogP contribution is -2.42. The summed E-state index contributed by atoms with van der Waals surface area (Å²) in [7, 11) is 1.95. The number of halogens is 1. The molecule has 29 heavy (non-hydrogen) atoms. The lowest BCUT2D eigenvalue weighted by atomic mass is 9.95. The minimum atomic E-state index is -0.0399. The molecule has 1 aliphatic heterocycles. The molecule has 1 unspecified atom stereocenters. The molecular weight excluding hydrogens is 426 g/mol. The Bertz CT molecular complexity index is 951. The van der Waals surface area contributed by atoms with Crippen molar-refractivity contribution in [3.05, 3.63) is 70.3 Å². The van der Waals surface area contributed by atoms with E-state index < -0.39 is 0 Å². The summed E-state index contributed by atoms with van der Waals surface area (Å²) in [4.78, 5) is 15.7. The van der Waals surface area contributed by atoms with Crippen molar-refractivity contribution in [1.82, 2.24) is 14.8 Å². The number of carbonyl (C=O) groups excluding carboxylic acids is 1. The van der Waals surface area contributed by atoms with Gasteiger partial charge in [-0.25, -0.2) is 0 Å². The summed E-state index contributed by atoms with van der Waals surface area (Å²) in [5.74, 6) is 0.742. The van der Waals surface area contributed by atoms with Crippen molar-refractivity contribution in [3.63, 3.8) is 0 Å². The maximum absolute atomic E-state index is 13.1. The largest absolute Gasteiger partial charge is 0.349 e. The van der Waals surface area contributed by atoms with Crippen LogP contribution in [-0.2, 0) is 7.05 Å². The van der Waals surface area contributed by atoms with Crippen LogP contribution in [0.1, 0.15) is 41.9 Å². The highest BCUT2D eigenvalue weighted by atomic mass is 79.9. The topological polar surface area (TPSA) is 37.3 Å². The van der Waals surface area contributed by atoms with Gasteiger partial charge >= 0.3 is 0 Å². The molecule has 1 saturated heterocycles. The minimum Gasteiger partial charge on any atom is -0.349 e. The zero-order chi connectivity index (χ0) is 20.4. The van der Waals surface area contributed by atoms with Crippen molar-refractivity contribution in [2.24, 2.45) is 13.0 Å². The molecule has 1 fully saturated rings. The average Bonchev–Trinajstić information content (AvgIpc) is 3.01. The SMILES string of the molecule is CC1CCN(C(CNC(=O)c2c(Br)c3ccccc3n2C)c2ccccc2)CC1. The van der Waals surface area contributed by atoms with E-state index in [0.717, 1.165) is 34.4 Å². The first-order valence-electron chi connectivity index (χ1n) is 10.4. The molecule has 0 bridgehead atoms. The molecule has 4 nitrogen and oxygen atoms in total. The number of hydrogen-bond donors (Lipinski definition) is 1. The van der Waals surface area contributed by atoms with Crippen LogP contribution in [-0.4, -0.2) is 35.0 Å². The quantitative estimate of drug-likeness (QED) is 0.580. The molecule has 0 saturated carbocycles. The predicted molar refractivity (Wildman–Crippen MR) is 122 cm³/mol. The van der Waals surface area contributed by atoms with Crippen LogP contribution in [0.3, 0.4) is 0 Å². The fourth-order valence-electron chi connectivity index (χ4n) is 4.35. The number of likely N-dealkylation sites (tertiary alicyclic amines) is 1. The molecule has 1 N–H and O–H groups in total. The van der Waals surface area contributed by atoms with Gasteiger partial charge in [0.15, 0.2) is 0 Å². The number of para-hydroxylation sites is 1. The number of carbonyl (C=O) groups is 1. The normalized spacial score (nSPS) is 16.8. The zero-order valence-electron chi connectivity index (χ0n) is 17.1. The van der Waals surface area contributed by atoms with Gasteiger partial charge in [-0.05, 0) is 59.4 Å². The Labute approximate surface area is 181 Å². The van der Waals surface area contributed by atoms with Gasteiger partial charge in [0.2, 0.25) is 0 Å². The lowest BCUT2D eigenvalue weighted by Gasteiger charge is -2.37. The van der Waals surface area contributed by atoms with Crippen LogP contribution in [0.4, 0.5) is 0 Å². The van der Waals surface area contributed by atoms with E-state index in [0.29, 0.717) is 12.2 Å². The van der Waals surface area contributed by atoms with Gasteiger partial charge < -0.3 is 9.88 Å². The van der Waals surface area contributed by atoms with Crippen molar-refractivity contribution < 1.29 is 4.79 Å². The van der Waals surface area contributed by atoms with Crippen molar-refractivity contribution in [2.45, 2.75) is 25.8 Å². The third-order valence-electron chi connectivity index (χ3n) is 6.16. The fraction of sp³-hybridized carbons (Fsp3) is 0.375. The number of nitrogens with zero attached hydrogens (tertiary/aromatic N) is 2. The van der Waals surface area contributed by atoms with Gasteiger partial charge in [-0.3, -0.25) is 9.69 Å². The summed E-state index contributed by atoms with van der Waals surface area (Å²) in [6.07, 6.45) is 2.43. The lowest BCUT2D eigenvalue weighted by molar-refractivity contribution is 0.0905. The van der Waals surface area contributed by atoms with Crippen molar-refractivity contribution in [2.75, 3.05) is 19.6 Å². The predicted octanol–water partition coefficient (Wildman–Crippen LogP) is 5.14. The number of nitrogens with one attached hydrogen (secondary N) is 1. The molecule has 3 aromatic rings. The molecule has 0 radical (unpaired) electrons. The molecule has 1 amide bonds. The Hall–Kier alpha value is -2.11. The second kappa shape index (κ2) is 8.72. The summed E-state index contributed by atoms with van der Waals surface area (Å²) in [6.45, 7) is 5.09. The highest BCUT2D eigenvalue weighted by Crippen LogP contribution is 2.31. The average molecular weight is 454 g/mol. The Morgan fingerprint density at radius 2 is 1.76 bits per heavy atom. The third-order valence-corrected chi connectivity index (χ3v) is 6.96. The van der Waals surface area contributed by atoms with Crippen LogP contribution in [0.2, 0.25) is 0 Å². The van der Waals surface area contributed by atoms with E-state index in [1.807, 2.05) is 41.9 Å². The van der Waals surface area contributed by atoms with E-state index in [4.69, 9.17) is 0 Å². The highest BCUT2D eigenvalue weighted by Gasteiger charge is 2.26. The number of aromatic nitrogens is 1. The van der Waals surface area contributed by atoms with Crippen LogP contribution in [0, 0.1) is 5.92 Å². The van der Waals surface area contributed by atoms with Crippen molar-refractivity contribution in [3.8, 4) is 0 Å². The molecule has 152 valence electrons. The van der Waals surface area contributed by atoms with E-state index in [9.17, 15) is 4.79 Å². The first-order chi connectivity index (χ1) is 14.1. The number of aryl methyl sites for hydroxylation is 1. The number of fused-ring (bicyclic) bond motifs is 1. The number of rotatable bonds is 5. The number of benzene rings is 2. The molecule has 0 spiro atoms. The van der Waals surface area contributed by atoms with E-state index in [1.54, 1.807) is 0 Å². The van der Waals surface area contributed by atoms with Gasteiger partial charge in [0.05, 0.1) is 10.5 Å². The molecule has 1 atom stereocenters. The molecule has 2 aromatic carbocycles. The monoisotopic (exact) mass is 453 g/mol. The Balaban J connectivity index is 1.55. The van der Waals surface area contributed by atoms with E-state index >= 15 is 0 Å². The standard InChI is InChI=1S/C24H28BrN3O/c1-17-12-14-28(15-13-17)21(18-8-4-3-5-9-18)16-26-24(29)23-22(25)19-10-6-7-11-20(19)27(23)2/h3-11,17,21H,12-16H2,1-2H3,(H,26,29). The second-order valence-corrected chi connectivity index (χ2v) is 8.89. The van der Waals surface area contributed by atoms with Crippen molar-refractivity contribution >= 4 is 32.7 Å². The second-order valence-electron chi connectivity index (χ2n) is 8.09. The van der Waals surface area contributed by atoms with Crippen LogP contribution in [0.15, 0.2) is 59.1 Å². The van der Waals surface area contributed by atoms with Gasteiger partial charge in [0.1, 0.15) is 5.69 Å². The molecule has 0 aliphatic carbocycles. The van der Waals surface area contributed by atoms with Crippen LogP contribution < -0.4 is 5.32 Å². The number of piperidine rings is 1. The van der Waals surface area contributed by atoms with E-state index in [1.165, 1.54) is 18.4 Å². The zero-order valence-corrected chi connectivity index (χ0v) is 18.7. The maximum atomic E-state index is 13.1. The van der Waals surface area contributed by atoms with Crippen molar-refractivity contribution in [1.29, 1.82) is 0 Å². The smallest absolute Gasteiger partial charge is 0.269 e. The summed E-state index contributed by atoms with van der Waals surface area (Å²) in [5.41, 5.74) is 2.98. The van der Waals surface area contributed by atoms with E-state index in [2.05, 4.69) is 57.3 Å².